The molecule has 1 atom stereocenters. The van der Waals surface area contributed by atoms with Crippen LogP contribution in [-0.2, 0) is 15.6 Å². The molecule has 0 bridgehead atoms. The summed E-state index contributed by atoms with van der Waals surface area (Å²) in [7, 11) is -0.653. The summed E-state index contributed by atoms with van der Waals surface area (Å²) in [6, 6.07) is 0.0316. The Kier molecular flexibility index (Phi) is 4.73. The zero-order valence-electron chi connectivity index (χ0n) is 9.36. The van der Waals surface area contributed by atoms with Crippen LogP contribution in [0.15, 0.2) is 0 Å². The molecular formula is C10H20N2O2S. The number of nitrogens with two attached hydrogens (primary N) is 1. The second kappa shape index (κ2) is 5.61. The highest BCUT2D eigenvalue weighted by molar-refractivity contribution is 7.85. The first-order valence-electron chi connectivity index (χ1n) is 5.41. The maximum Gasteiger partial charge on any atom is 0.234 e. The first-order chi connectivity index (χ1) is 7.00. The number of hydrogen-bond acceptors (Lipinski definition) is 3. The quantitative estimate of drug-likeness (QED) is 0.716. The van der Waals surface area contributed by atoms with Gasteiger partial charge in [0.2, 0.25) is 5.91 Å². The third kappa shape index (κ3) is 3.91. The van der Waals surface area contributed by atoms with Crippen LogP contribution in [0.25, 0.3) is 0 Å². The molecule has 1 rings (SSSR count). The second-order valence-corrected chi connectivity index (χ2v) is 6.11. The molecule has 0 aromatic heterocycles. The molecule has 0 aromatic carbocycles. The van der Waals surface area contributed by atoms with Crippen molar-refractivity contribution in [1.82, 2.24) is 5.32 Å². The molecule has 1 heterocycles. The van der Waals surface area contributed by atoms with E-state index in [2.05, 4.69) is 5.32 Å². The summed E-state index contributed by atoms with van der Waals surface area (Å²) in [5, 5.41) is 3.27. The molecule has 3 N–H and O–H groups in total. The maximum absolute atomic E-state index is 11.2. The molecule has 15 heavy (non-hydrogen) atoms. The highest BCUT2D eigenvalue weighted by Crippen LogP contribution is 2.12. The van der Waals surface area contributed by atoms with Crippen LogP contribution in [0.4, 0.5) is 0 Å². The van der Waals surface area contributed by atoms with E-state index in [1.54, 1.807) is 0 Å². The van der Waals surface area contributed by atoms with Gasteiger partial charge in [0.1, 0.15) is 0 Å². The molecule has 0 aromatic rings. The summed E-state index contributed by atoms with van der Waals surface area (Å²) < 4.78 is 11.2. The summed E-state index contributed by atoms with van der Waals surface area (Å²) in [6.07, 6.45) is 1.76. The largest absolute Gasteiger partial charge is 0.368 e. The van der Waals surface area contributed by atoms with Gasteiger partial charge < -0.3 is 11.1 Å². The number of carbonyl (C=O) groups excluding carboxylic acids is 1. The van der Waals surface area contributed by atoms with Gasteiger partial charge in [-0.25, -0.2) is 0 Å². The Bertz CT molecular complexity index is 246. The molecule has 4 nitrogen and oxygen atoms in total. The zero-order chi connectivity index (χ0) is 11.4. The number of carbonyl (C=O) groups is 1. The van der Waals surface area contributed by atoms with E-state index in [0.717, 1.165) is 24.3 Å². The van der Waals surface area contributed by atoms with E-state index in [0.29, 0.717) is 6.04 Å². The average Bonchev–Trinajstić information content (AvgIpc) is 2.15. The van der Waals surface area contributed by atoms with Crippen LogP contribution in [0, 0.1) is 5.92 Å². The Hall–Kier alpha value is -0.420. The van der Waals surface area contributed by atoms with E-state index < -0.39 is 10.8 Å². The van der Waals surface area contributed by atoms with Crippen molar-refractivity contribution in [3.05, 3.63) is 0 Å². The van der Waals surface area contributed by atoms with Gasteiger partial charge in [0.15, 0.2) is 0 Å². The van der Waals surface area contributed by atoms with E-state index in [-0.39, 0.29) is 17.9 Å². The lowest BCUT2D eigenvalue weighted by atomic mass is 10.0. The van der Waals surface area contributed by atoms with Gasteiger partial charge in [0.25, 0.3) is 0 Å². The van der Waals surface area contributed by atoms with Crippen LogP contribution in [-0.4, -0.2) is 33.7 Å². The van der Waals surface area contributed by atoms with Gasteiger partial charge >= 0.3 is 0 Å². The fourth-order valence-corrected chi connectivity index (χ4v) is 3.12. The van der Waals surface area contributed by atoms with Crippen molar-refractivity contribution in [2.45, 2.75) is 38.8 Å². The summed E-state index contributed by atoms with van der Waals surface area (Å²) in [5.41, 5.74) is 5.32. The van der Waals surface area contributed by atoms with Crippen LogP contribution in [0.1, 0.15) is 26.7 Å². The smallest absolute Gasteiger partial charge is 0.234 e. The molecule has 1 saturated heterocycles. The van der Waals surface area contributed by atoms with Crippen LogP contribution in [0.2, 0.25) is 0 Å². The standard InChI is InChI=1S/C10H20N2O2S/c1-7(2)9(10(11)13)12-8-3-5-15(14)6-4-8/h7-9,12H,3-6H2,1-2H3,(H2,11,13). The lowest BCUT2D eigenvalue weighted by Crippen LogP contribution is -2.51. The lowest BCUT2D eigenvalue weighted by Gasteiger charge is -2.28. The molecule has 1 fully saturated rings. The van der Waals surface area contributed by atoms with Crippen molar-refractivity contribution in [3.8, 4) is 0 Å². The van der Waals surface area contributed by atoms with Gasteiger partial charge in [-0.3, -0.25) is 9.00 Å². The molecule has 1 aliphatic heterocycles. The Labute approximate surface area is 93.4 Å². The van der Waals surface area contributed by atoms with Gasteiger partial charge in [-0.1, -0.05) is 13.8 Å². The lowest BCUT2D eigenvalue weighted by molar-refractivity contribution is -0.121. The van der Waals surface area contributed by atoms with E-state index in [1.165, 1.54) is 0 Å². The molecule has 1 amide bonds. The predicted octanol–water partition coefficient (Wildman–Crippen LogP) is -0.00300. The van der Waals surface area contributed by atoms with Crippen LogP contribution < -0.4 is 11.1 Å². The van der Waals surface area contributed by atoms with Crippen LogP contribution in [0.5, 0.6) is 0 Å². The zero-order valence-corrected chi connectivity index (χ0v) is 10.2. The number of hydrogen-bond donors (Lipinski definition) is 2. The van der Waals surface area contributed by atoms with Crippen molar-refractivity contribution in [1.29, 1.82) is 0 Å². The maximum atomic E-state index is 11.2. The highest BCUT2D eigenvalue weighted by atomic mass is 32.2. The third-order valence-corrected chi connectivity index (χ3v) is 4.16. The van der Waals surface area contributed by atoms with Gasteiger partial charge in [-0.2, -0.15) is 0 Å². The normalized spacial score (nSPS) is 29.0. The fourth-order valence-electron chi connectivity index (χ4n) is 1.82. The SMILES string of the molecule is CC(C)C(NC1CCS(=O)CC1)C(N)=O. The fraction of sp³-hybridized carbons (Fsp3) is 0.900. The van der Waals surface area contributed by atoms with Gasteiger partial charge in [-0.05, 0) is 18.8 Å². The van der Waals surface area contributed by atoms with Crippen molar-refractivity contribution >= 4 is 16.7 Å². The third-order valence-electron chi connectivity index (χ3n) is 2.78. The molecule has 5 heteroatoms. The molecule has 1 aliphatic rings. The summed E-state index contributed by atoms with van der Waals surface area (Å²) >= 11 is 0. The van der Waals surface area contributed by atoms with Crippen molar-refractivity contribution < 1.29 is 9.00 Å². The van der Waals surface area contributed by atoms with Crippen molar-refractivity contribution in [3.63, 3.8) is 0 Å². The Morgan fingerprint density at radius 1 is 1.40 bits per heavy atom. The van der Waals surface area contributed by atoms with E-state index in [9.17, 15) is 9.00 Å². The molecular weight excluding hydrogens is 212 g/mol. The predicted molar refractivity (Wildman–Crippen MR) is 61.9 cm³/mol. The molecule has 0 saturated carbocycles. The first kappa shape index (κ1) is 12.6. The Morgan fingerprint density at radius 2 is 1.93 bits per heavy atom. The van der Waals surface area contributed by atoms with Crippen molar-refractivity contribution in [2.24, 2.45) is 11.7 Å². The average molecular weight is 232 g/mol. The number of rotatable bonds is 4. The van der Waals surface area contributed by atoms with E-state index in [4.69, 9.17) is 5.73 Å². The number of amides is 1. The Balaban J connectivity index is 2.45. The summed E-state index contributed by atoms with van der Waals surface area (Å²) in [4.78, 5) is 11.2. The first-order valence-corrected chi connectivity index (χ1v) is 6.90. The van der Waals surface area contributed by atoms with Gasteiger partial charge in [0.05, 0.1) is 6.04 Å². The molecule has 0 radical (unpaired) electrons. The Morgan fingerprint density at radius 3 is 2.33 bits per heavy atom. The minimum absolute atomic E-state index is 0.204. The minimum Gasteiger partial charge on any atom is -0.368 e. The topological polar surface area (TPSA) is 72.2 Å². The molecule has 88 valence electrons. The van der Waals surface area contributed by atoms with Crippen LogP contribution in [0.3, 0.4) is 0 Å². The molecule has 0 aliphatic carbocycles. The molecule has 1 unspecified atom stereocenters. The van der Waals surface area contributed by atoms with Gasteiger partial charge in [0, 0.05) is 28.3 Å². The van der Waals surface area contributed by atoms with E-state index in [1.807, 2.05) is 13.8 Å². The second-order valence-electron chi connectivity index (χ2n) is 4.41. The summed E-state index contributed by atoms with van der Waals surface area (Å²) in [5.74, 6) is 1.38. The highest BCUT2D eigenvalue weighted by Gasteiger charge is 2.25. The number of primary amides is 1. The van der Waals surface area contributed by atoms with Gasteiger partial charge in [-0.15, -0.1) is 0 Å². The van der Waals surface area contributed by atoms with Crippen molar-refractivity contribution in [2.75, 3.05) is 11.5 Å². The summed E-state index contributed by atoms with van der Waals surface area (Å²) in [6.45, 7) is 3.95. The monoisotopic (exact) mass is 232 g/mol. The molecule has 0 spiro atoms. The van der Waals surface area contributed by atoms with Crippen LogP contribution >= 0.6 is 0 Å². The number of nitrogens with one attached hydrogen (secondary N) is 1. The van der Waals surface area contributed by atoms with E-state index >= 15 is 0 Å². The minimum atomic E-state index is -0.653.